The molecule has 0 aromatic heterocycles. The van der Waals surface area contributed by atoms with Crippen LogP contribution in [0.5, 0.6) is 11.5 Å². The highest BCUT2D eigenvalue weighted by Crippen LogP contribution is 2.33. The van der Waals surface area contributed by atoms with Gasteiger partial charge in [-0.1, -0.05) is 19.1 Å². The lowest BCUT2D eigenvalue weighted by Gasteiger charge is -2.19. The number of benzene rings is 2. The van der Waals surface area contributed by atoms with Gasteiger partial charge in [-0.2, -0.15) is 0 Å². The Kier molecular flexibility index (Phi) is 4.97. The van der Waals surface area contributed by atoms with E-state index in [2.05, 4.69) is 5.32 Å². The Bertz CT molecular complexity index is 855. The fraction of sp³-hybridized carbons (Fsp3) is 0.368. The van der Waals surface area contributed by atoms with Gasteiger partial charge in [0.2, 0.25) is 0 Å². The number of nitrogens with one attached hydrogen (secondary N) is 1. The Hall–Kier alpha value is -2.83. The third kappa shape index (κ3) is 3.16. The van der Waals surface area contributed by atoms with Crippen LogP contribution in [0.4, 0.5) is 4.39 Å². The molecule has 3 atom stereocenters. The molecular formula is C19H21FN2O4. The Labute approximate surface area is 150 Å². The Morgan fingerprint density at radius 1 is 1.31 bits per heavy atom. The van der Waals surface area contributed by atoms with Crippen LogP contribution in [0.25, 0.3) is 10.8 Å². The second-order valence-electron chi connectivity index (χ2n) is 6.29. The van der Waals surface area contributed by atoms with Crippen LogP contribution in [-0.4, -0.2) is 37.7 Å². The molecule has 6 nitrogen and oxygen atoms in total. The maximum Gasteiger partial charge on any atom is 0.255 e. The molecule has 2 aromatic rings. The lowest BCUT2D eigenvalue weighted by atomic mass is 9.97. The predicted octanol–water partition coefficient (Wildman–Crippen LogP) is 2.19. The van der Waals surface area contributed by atoms with Crippen LogP contribution < -0.4 is 20.5 Å². The summed E-state index contributed by atoms with van der Waals surface area (Å²) in [5.74, 6) is -0.665. The van der Waals surface area contributed by atoms with Gasteiger partial charge in [-0.15, -0.1) is 0 Å². The average Bonchev–Trinajstić information content (AvgIpc) is 2.91. The summed E-state index contributed by atoms with van der Waals surface area (Å²) in [6.45, 7) is 2.00. The summed E-state index contributed by atoms with van der Waals surface area (Å²) in [6, 6.07) is 8.34. The van der Waals surface area contributed by atoms with Crippen LogP contribution in [0.3, 0.4) is 0 Å². The van der Waals surface area contributed by atoms with E-state index in [1.165, 1.54) is 7.11 Å². The van der Waals surface area contributed by atoms with Crippen LogP contribution in [0, 0.1) is 5.92 Å². The van der Waals surface area contributed by atoms with Crippen LogP contribution >= 0.6 is 0 Å². The highest BCUT2D eigenvalue weighted by atomic mass is 19.1. The first-order chi connectivity index (χ1) is 12.5. The molecule has 0 aliphatic carbocycles. The number of methoxy groups -OCH3 is 1. The molecule has 7 heteroatoms. The molecule has 3 unspecified atom stereocenters. The van der Waals surface area contributed by atoms with E-state index in [0.29, 0.717) is 17.9 Å². The molecule has 1 heterocycles. The van der Waals surface area contributed by atoms with Crippen LogP contribution in [-0.2, 0) is 4.79 Å². The summed E-state index contributed by atoms with van der Waals surface area (Å²) < 4.78 is 25.0. The van der Waals surface area contributed by atoms with Gasteiger partial charge in [0.1, 0.15) is 18.1 Å². The minimum Gasteiger partial charge on any atom is -0.496 e. The van der Waals surface area contributed by atoms with Crippen molar-refractivity contribution in [2.45, 2.75) is 25.6 Å². The summed E-state index contributed by atoms with van der Waals surface area (Å²) in [6.07, 6.45) is -0.960. The maximum atomic E-state index is 13.9. The number of nitrogens with two attached hydrogens (primary N) is 1. The van der Waals surface area contributed by atoms with Gasteiger partial charge in [0.15, 0.2) is 6.17 Å². The van der Waals surface area contributed by atoms with E-state index in [1.54, 1.807) is 24.3 Å². The minimum absolute atomic E-state index is 0.156. The smallest absolute Gasteiger partial charge is 0.255 e. The molecule has 3 rings (SSSR count). The summed E-state index contributed by atoms with van der Waals surface area (Å²) in [5.41, 5.74) is 5.68. The fourth-order valence-electron chi connectivity index (χ4n) is 3.37. The van der Waals surface area contributed by atoms with Crippen molar-refractivity contribution in [3.05, 3.63) is 35.9 Å². The van der Waals surface area contributed by atoms with E-state index in [0.717, 1.165) is 10.8 Å². The second-order valence-corrected chi connectivity index (χ2v) is 6.29. The lowest BCUT2D eigenvalue weighted by molar-refractivity contribution is -0.123. The number of amides is 2. The standard InChI is InChI=1S/C19H21FN2O4/c1-3-11-14(22-19(24)17(11)20)9-26-15-6-4-5-10-7-13(18(21)23)16(25-2)8-12(10)15/h4-8,11,14,17H,3,9H2,1-2H3,(H2,21,23)(H,22,24). The number of ether oxygens (including phenoxy) is 2. The monoisotopic (exact) mass is 360 g/mol. The Morgan fingerprint density at radius 2 is 2.08 bits per heavy atom. The van der Waals surface area contributed by atoms with Crippen LogP contribution in [0.2, 0.25) is 0 Å². The van der Waals surface area contributed by atoms with E-state index in [-0.39, 0.29) is 18.2 Å². The van der Waals surface area contributed by atoms with Gasteiger partial charge in [-0.25, -0.2) is 4.39 Å². The number of rotatable bonds is 6. The maximum absolute atomic E-state index is 13.9. The van der Waals surface area contributed by atoms with Gasteiger partial charge in [0.05, 0.1) is 18.7 Å². The van der Waals surface area contributed by atoms with E-state index < -0.39 is 23.9 Å². The van der Waals surface area contributed by atoms with Gasteiger partial charge in [0, 0.05) is 11.3 Å². The molecule has 1 saturated heterocycles. The van der Waals surface area contributed by atoms with Gasteiger partial charge < -0.3 is 20.5 Å². The van der Waals surface area contributed by atoms with E-state index in [4.69, 9.17) is 15.2 Å². The minimum atomic E-state index is -1.50. The number of hydrogen-bond acceptors (Lipinski definition) is 4. The van der Waals surface area contributed by atoms with Crippen molar-refractivity contribution in [2.24, 2.45) is 11.7 Å². The normalized spacial score (nSPS) is 22.3. The average molecular weight is 360 g/mol. The predicted molar refractivity (Wildman–Crippen MR) is 95.1 cm³/mol. The van der Waals surface area contributed by atoms with Crippen molar-refractivity contribution in [1.29, 1.82) is 0 Å². The number of primary amides is 1. The molecule has 3 N–H and O–H groups in total. The molecule has 0 saturated carbocycles. The third-order valence-corrected chi connectivity index (χ3v) is 4.79. The number of halogens is 1. The summed E-state index contributed by atoms with van der Waals surface area (Å²) in [4.78, 5) is 23.1. The van der Waals surface area contributed by atoms with Crippen molar-refractivity contribution in [1.82, 2.24) is 5.32 Å². The zero-order valence-electron chi connectivity index (χ0n) is 14.6. The van der Waals surface area contributed by atoms with Crippen molar-refractivity contribution in [3.63, 3.8) is 0 Å². The van der Waals surface area contributed by atoms with Crippen molar-refractivity contribution in [2.75, 3.05) is 13.7 Å². The fourth-order valence-corrected chi connectivity index (χ4v) is 3.37. The van der Waals surface area contributed by atoms with Gasteiger partial charge in [-0.05, 0) is 30.0 Å². The van der Waals surface area contributed by atoms with Gasteiger partial charge >= 0.3 is 0 Å². The Morgan fingerprint density at radius 3 is 2.73 bits per heavy atom. The Balaban J connectivity index is 1.89. The van der Waals surface area contributed by atoms with Gasteiger partial charge in [0.25, 0.3) is 11.8 Å². The topological polar surface area (TPSA) is 90.7 Å². The molecule has 0 radical (unpaired) electrons. The number of carbonyl (C=O) groups excluding carboxylic acids is 2. The summed E-state index contributed by atoms with van der Waals surface area (Å²) in [5, 5.41) is 4.15. The quantitative estimate of drug-likeness (QED) is 0.826. The molecule has 2 amide bonds. The molecule has 26 heavy (non-hydrogen) atoms. The SMILES string of the molecule is CCC1C(COc2cccc3cc(C(N)=O)c(OC)cc23)NC(=O)C1F. The molecule has 138 valence electrons. The lowest BCUT2D eigenvalue weighted by Crippen LogP contribution is -2.34. The third-order valence-electron chi connectivity index (χ3n) is 4.79. The summed E-state index contributed by atoms with van der Waals surface area (Å²) in [7, 11) is 1.46. The van der Waals surface area contributed by atoms with Crippen molar-refractivity contribution >= 4 is 22.6 Å². The van der Waals surface area contributed by atoms with Crippen molar-refractivity contribution in [3.8, 4) is 11.5 Å². The zero-order valence-corrected chi connectivity index (χ0v) is 14.6. The number of fused-ring (bicyclic) bond motifs is 1. The first-order valence-electron chi connectivity index (χ1n) is 8.44. The number of hydrogen-bond donors (Lipinski definition) is 2. The molecule has 1 aliphatic heterocycles. The number of alkyl halides is 1. The first-order valence-corrected chi connectivity index (χ1v) is 8.44. The molecule has 1 fully saturated rings. The summed E-state index contributed by atoms with van der Waals surface area (Å²) >= 11 is 0. The first kappa shape index (κ1) is 18.0. The highest BCUT2D eigenvalue weighted by molar-refractivity contribution is 6.02. The second kappa shape index (κ2) is 7.19. The van der Waals surface area contributed by atoms with Gasteiger partial charge in [-0.3, -0.25) is 9.59 Å². The molecule has 0 spiro atoms. The van der Waals surface area contributed by atoms with Crippen LogP contribution in [0.15, 0.2) is 30.3 Å². The van der Waals surface area contributed by atoms with Crippen LogP contribution in [0.1, 0.15) is 23.7 Å². The van der Waals surface area contributed by atoms with E-state index in [1.807, 2.05) is 13.0 Å². The number of carbonyl (C=O) groups is 2. The van der Waals surface area contributed by atoms with E-state index >= 15 is 0 Å². The largest absolute Gasteiger partial charge is 0.496 e. The molecule has 1 aliphatic rings. The van der Waals surface area contributed by atoms with Crippen molar-refractivity contribution < 1.29 is 23.5 Å². The molecular weight excluding hydrogens is 339 g/mol. The zero-order chi connectivity index (χ0) is 18.8. The highest BCUT2D eigenvalue weighted by Gasteiger charge is 2.41. The molecule has 2 aromatic carbocycles. The van der Waals surface area contributed by atoms with E-state index in [9.17, 15) is 14.0 Å². The molecule has 0 bridgehead atoms.